The van der Waals surface area contributed by atoms with Gasteiger partial charge in [0.2, 0.25) is 6.54 Å². The van der Waals surface area contributed by atoms with E-state index in [0.29, 0.717) is 18.6 Å². The first-order valence-corrected chi connectivity index (χ1v) is 5.07. The standard InChI is InChI=1S/C11H15NO4/c1-16-10-5-2-4-9(8-10)11(13)6-3-7-12(14)15/h2,4-5,8,11,13H,3,6-7H2,1H3/t11-/m0/s1. The van der Waals surface area contributed by atoms with Crippen LogP contribution in [-0.2, 0) is 0 Å². The van der Waals surface area contributed by atoms with Crippen LogP contribution in [0.5, 0.6) is 5.75 Å². The Bertz CT molecular complexity index is 354. The fourth-order valence-electron chi connectivity index (χ4n) is 1.43. The van der Waals surface area contributed by atoms with Crippen LogP contribution in [0.25, 0.3) is 0 Å². The average molecular weight is 225 g/mol. The van der Waals surface area contributed by atoms with Gasteiger partial charge in [-0.2, -0.15) is 0 Å². The highest BCUT2D eigenvalue weighted by Crippen LogP contribution is 2.22. The summed E-state index contributed by atoms with van der Waals surface area (Å²) in [6.45, 7) is -0.110. The molecule has 0 saturated carbocycles. The minimum atomic E-state index is -0.671. The van der Waals surface area contributed by atoms with Crippen molar-refractivity contribution in [3.05, 3.63) is 39.9 Å². The summed E-state index contributed by atoms with van der Waals surface area (Å²) < 4.78 is 5.03. The van der Waals surface area contributed by atoms with Crippen LogP contribution in [0.2, 0.25) is 0 Å². The SMILES string of the molecule is COc1cccc([C@@H](O)CCC[N+](=O)[O-])c1. The number of benzene rings is 1. The molecule has 0 amide bonds. The van der Waals surface area contributed by atoms with Gasteiger partial charge in [-0.15, -0.1) is 0 Å². The Morgan fingerprint density at radius 2 is 2.31 bits per heavy atom. The van der Waals surface area contributed by atoms with Crippen LogP contribution in [0.15, 0.2) is 24.3 Å². The Hall–Kier alpha value is -1.62. The first-order chi connectivity index (χ1) is 7.63. The van der Waals surface area contributed by atoms with Crippen molar-refractivity contribution in [1.29, 1.82) is 0 Å². The lowest BCUT2D eigenvalue weighted by Crippen LogP contribution is -2.04. The van der Waals surface area contributed by atoms with Crippen LogP contribution in [0, 0.1) is 10.1 Å². The molecule has 5 heteroatoms. The Morgan fingerprint density at radius 1 is 1.56 bits per heavy atom. The number of nitrogens with zero attached hydrogens (tertiary/aromatic N) is 1. The normalized spacial score (nSPS) is 12.1. The molecular formula is C11H15NO4. The van der Waals surface area contributed by atoms with Gasteiger partial charge in [-0.05, 0) is 24.1 Å². The van der Waals surface area contributed by atoms with Crippen molar-refractivity contribution in [3.8, 4) is 5.75 Å². The van der Waals surface area contributed by atoms with E-state index in [1.807, 2.05) is 0 Å². The van der Waals surface area contributed by atoms with Crippen molar-refractivity contribution < 1.29 is 14.8 Å². The number of hydrogen-bond acceptors (Lipinski definition) is 4. The molecule has 0 radical (unpaired) electrons. The molecule has 0 heterocycles. The minimum absolute atomic E-state index is 0.110. The molecule has 0 aliphatic carbocycles. The molecule has 0 aliphatic heterocycles. The maximum absolute atomic E-state index is 10.1. The third-order valence-electron chi connectivity index (χ3n) is 2.30. The van der Waals surface area contributed by atoms with E-state index >= 15 is 0 Å². The van der Waals surface area contributed by atoms with Crippen LogP contribution in [0.1, 0.15) is 24.5 Å². The Morgan fingerprint density at radius 3 is 2.94 bits per heavy atom. The highest BCUT2D eigenvalue weighted by molar-refractivity contribution is 5.29. The molecule has 0 bridgehead atoms. The van der Waals surface area contributed by atoms with Gasteiger partial charge in [0.05, 0.1) is 13.2 Å². The van der Waals surface area contributed by atoms with Crippen molar-refractivity contribution in [2.24, 2.45) is 0 Å². The summed E-state index contributed by atoms with van der Waals surface area (Å²) in [7, 11) is 1.55. The fraction of sp³-hybridized carbons (Fsp3) is 0.455. The van der Waals surface area contributed by atoms with E-state index in [-0.39, 0.29) is 11.5 Å². The second-order valence-corrected chi connectivity index (χ2v) is 3.49. The van der Waals surface area contributed by atoms with Crippen molar-refractivity contribution >= 4 is 0 Å². The Labute approximate surface area is 93.8 Å². The zero-order valence-corrected chi connectivity index (χ0v) is 9.13. The molecular weight excluding hydrogens is 210 g/mol. The van der Waals surface area contributed by atoms with Gasteiger partial charge < -0.3 is 9.84 Å². The lowest BCUT2D eigenvalue weighted by molar-refractivity contribution is -0.480. The number of hydrogen-bond donors (Lipinski definition) is 1. The molecule has 0 unspecified atom stereocenters. The first-order valence-electron chi connectivity index (χ1n) is 5.07. The largest absolute Gasteiger partial charge is 0.497 e. The first kappa shape index (κ1) is 12.4. The zero-order valence-electron chi connectivity index (χ0n) is 9.13. The van der Waals surface area contributed by atoms with Gasteiger partial charge in [-0.3, -0.25) is 10.1 Å². The third-order valence-corrected chi connectivity index (χ3v) is 2.30. The van der Waals surface area contributed by atoms with Crippen molar-refractivity contribution in [2.75, 3.05) is 13.7 Å². The number of nitro groups is 1. The monoisotopic (exact) mass is 225 g/mol. The smallest absolute Gasteiger partial charge is 0.204 e. The molecule has 0 fully saturated rings. The van der Waals surface area contributed by atoms with Crippen LogP contribution in [0.4, 0.5) is 0 Å². The van der Waals surface area contributed by atoms with Crippen molar-refractivity contribution in [1.82, 2.24) is 0 Å². The predicted octanol–water partition coefficient (Wildman–Crippen LogP) is 1.79. The molecule has 0 aromatic heterocycles. The van der Waals surface area contributed by atoms with Crippen LogP contribution < -0.4 is 4.74 Å². The lowest BCUT2D eigenvalue weighted by Gasteiger charge is -2.10. The second-order valence-electron chi connectivity index (χ2n) is 3.49. The third kappa shape index (κ3) is 3.86. The molecule has 1 rings (SSSR count). The summed E-state index contributed by atoms with van der Waals surface area (Å²) in [5, 5.41) is 19.9. The van der Waals surface area contributed by atoms with Crippen LogP contribution >= 0.6 is 0 Å². The highest BCUT2D eigenvalue weighted by atomic mass is 16.6. The van der Waals surface area contributed by atoms with Gasteiger partial charge in [-0.1, -0.05) is 12.1 Å². The molecule has 1 atom stereocenters. The van der Waals surface area contributed by atoms with Crippen LogP contribution in [0.3, 0.4) is 0 Å². The van der Waals surface area contributed by atoms with E-state index in [0.717, 1.165) is 5.56 Å². The molecule has 0 saturated heterocycles. The molecule has 5 nitrogen and oxygen atoms in total. The van der Waals surface area contributed by atoms with E-state index < -0.39 is 6.10 Å². The topological polar surface area (TPSA) is 72.6 Å². The van der Waals surface area contributed by atoms with Gasteiger partial charge in [0.25, 0.3) is 0 Å². The Balaban J connectivity index is 2.51. The van der Waals surface area contributed by atoms with Gasteiger partial charge in [0.1, 0.15) is 5.75 Å². The number of aliphatic hydroxyl groups excluding tert-OH is 1. The quantitative estimate of drug-likeness (QED) is 0.591. The van der Waals surface area contributed by atoms with Crippen molar-refractivity contribution in [2.45, 2.75) is 18.9 Å². The predicted molar refractivity (Wildman–Crippen MR) is 59.0 cm³/mol. The molecule has 1 aromatic carbocycles. The van der Waals surface area contributed by atoms with E-state index in [1.165, 1.54) is 0 Å². The fourth-order valence-corrected chi connectivity index (χ4v) is 1.43. The van der Waals surface area contributed by atoms with Crippen molar-refractivity contribution in [3.63, 3.8) is 0 Å². The summed E-state index contributed by atoms with van der Waals surface area (Å²) >= 11 is 0. The average Bonchev–Trinajstić information content (AvgIpc) is 2.28. The molecule has 1 N–H and O–H groups in total. The van der Waals surface area contributed by atoms with Gasteiger partial charge in [0, 0.05) is 11.3 Å². The zero-order chi connectivity index (χ0) is 12.0. The summed E-state index contributed by atoms with van der Waals surface area (Å²) in [6, 6.07) is 7.08. The molecule has 0 spiro atoms. The number of methoxy groups -OCH3 is 1. The summed E-state index contributed by atoms with van der Waals surface area (Å²) in [5.41, 5.74) is 0.725. The highest BCUT2D eigenvalue weighted by Gasteiger charge is 2.09. The number of rotatable bonds is 6. The maximum Gasteiger partial charge on any atom is 0.204 e. The van der Waals surface area contributed by atoms with E-state index in [9.17, 15) is 15.2 Å². The number of aliphatic hydroxyl groups is 1. The van der Waals surface area contributed by atoms with Gasteiger partial charge in [-0.25, -0.2) is 0 Å². The molecule has 88 valence electrons. The van der Waals surface area contributed by atoms with Crippen LogP contribution in [-0.4, -0.2) is 23.7 Å². The number of ether oxygens (including phenoxy) is 1. The maximum atomic E-state index is 10.1. The summed E-state index contributed by atoms with van der Waals surface area (Å²) in [6.07, 6.45) is 0.0783. The van der Waals surface area contributed by atoms with E-state index in [4.69, 9.17) is 4.74 Å². The minimum Gasteiger partial charge on any atom is -0.497 e. The second kappa shape index (κ2) is 6.07. The Kier molecular flexibility index (Phi) is 4.72. The van der Waals surface area contributed by atoms with Gasteiger partial charge >= 0.3 is 0 Å². The molecule has 1 aromatic rings. The van der Waals surface area contributed by atoms with Gasteiger partial charge in [0.15, 0.2) is 0 Å². The van der Waals surface area contributed by atoms with E-state index in [2.05, 4.69) is 0 Å². The van der Waals surface area contributed by atoms with E-state index in [1.54, 1.807) is 31.4 Å². The summed E-state index contributed by atoms with van der Waals surface area (Å²) in [4.78, 5) is 9.74. The lowest BCUT2D eigenvalue weighted by atomic mass is 10.0. The molecule has 16 heavy (non-hydrogen) atoms. The molecule has 0 aliphatic rings. The summed E-state index contributed by atoms with van der Waals surface area (Å²) in [5.74, 6) is 0.672.